The lowest BCUT2D eigenvalue weighted by Gasteiger charge is -2.24. The van der Waals surface area contributed by atoms with E-state index in [0.717, 1.165) is 36.7 Å². The first kappa shape index (κ1) is 13.9. The van der Waals surface area contributed by atoms with Gasteiger partial charge in [-0.25, -0.2) is 0 Å². The molecule has 3 rings (SSSR count). The van der Waals surface area contributed by atoms with Crippen molar-refractivity contribution in [2.24, 2.45) is 5.92 Å². The standard InChI is InChI=1S/C17H21N3O/c1-12(2)18-17-8-7-15(19-20-17)10-13-9-14-5-3-4-6-16(14)21-11-13/h3-8,12-13H,9-11H2,1-2H3,(H,18,20)/t13-/m1/s1. The lowest BCUT2D eigenvalue weighted by atomic mass is 9.93. The molecule has 0 amide bonds. The van der Waals surface area contributed by atoms with Gasteiger partial charge in [0.1, 0.15) is 11.6 Å². The molecule has 4 heteroatoms. The van der Waals surface area contributed by atoms with Crippen molar-refractivity contribution in [3.63, 3.8) is 0 Å². The molecule has 1 aliphatic rings. The predicted octanol–water partition coefficient (Wildman–Crippen LogP) is 3.09. The first-order valence-electron chi connectivity index (χ1n) is 7.50. The Morgan fingerprint density at radius 1 is 1.19 bits per heavy atom. The van der Waals surface area contributed by atoms with Crippen LogP contribution in [-0.4, -0.2) is 22.8 Å². The molecule has 110 valence electrons. The molecule has 21 heavy (non-hydrogen) atoms. The fourth-order valence-electron chi connectivity index (χ4n) is 2.66. The zero-order valence-corrected chi connectivity index (χ0v) is 12.5. The molecule has 0 fully saturated rings. The molecule has 0 saturated heterocycles. The maximum Gasteiger partial charge on any atom is 0.148 e. The van der Waals surface area contributed by atoms with Crippen molar-refractivity contribution in [2.75, 3.05) is 11.9 Å². The Hall–Kier alpha value is -2.10. The first-order chi connectivity index (χ1) is 10.2. The van der Waals surface area contributed by atoms with Crippen molar-refractivity contribution in [2.45, 2.75) is 32.7 Å². The fraction of sp³-hybridized carbons (Fsp3) is 0.412. The van der Waals surface area contributed by atoms with E-state index in [4.69, 9.17) is 4.74 Å². The molecule has 0 spiro atoms. The number of anilines is 1. The fourth-order valence-corrected chi connectivity index (χ4v) is 2.66. The van der Waals surface area contributed by atoms with Gasteiger partial charge >= 0.3 is 0 Å². The Balaban J connectivity index is 1.62. The van der Waals surface area contributed by atoms with E-state index in [1.165, 1.54) is 5.56 Å². The third-order valence-corrected chi connectivity index (χ3v) is 3.61. The molecule has 0 aliphatic carbocycles. The van der Waals surface area contributed by atoms with Crippen molar-refractivity contribution in [1.29, 1.82) is 0 Å². The summed E-state index contributed by atoms with van der Waals surface area (Å²) in [7, 11) is 0. The van der Waals surface area contributed by atoms with Gasteiger partial charge in [-0.3, -0.25) is 0 Å². The van der Waals surface area contributed by atoms with Crippen LogP contribution in [0.1, 0.15) is 25.1 Å². The Bertz CT molecular complexity index is 595. The zero-order valence-electron chi connectivity index (χ0n) is 12.5. The van der Waals surface area contributed by atoms with Crippen LogP contribution in [0.2, 0.25) is 0 Å². The van der Waals surface area contributed by atoms with Gasteiger partial charge in [-0.15, -0.1) is 5.10 Å². The van der Waals surface area contributed by atoms with Gasteiger partial charge in [0.25, 0.3) is 0 Å². The normalized spacial score (nSPS) is 17.2. The summed E-state index contributed by atoms with van der Waals surface area (Å²) >= 11 is 0. The number of aromatic nitrogens is 2. The molecule has 0 saturated carbocycles. The third kappa shape index (κ3) is 3.51. The van der Waals surface area contributed by atoms with Crippen LogP contribution in [0.5, 0.6) is 5.75 Å². The summed E-state index contributed by atoms with van der Waals surface area (Å²) in [5.74, 6) is 2.33. The van der Waals surface area contributed by atoms with Gasteiger partial charge in [-0.2, -0.15) is 5.10 Å². The quantitative estimate of drug-likeness (QED) is 0.936. The molecule has 1 aromatic heterocycles. The molecule has 0 unspecified atom stereocenters. The van der Waals surface area contributed by atoms with Gasteiger partial charge in [-0.05, 0) is 50.5 Å². The van der Waals surface area contributed by atoms with E-state index in [-0.39, 0.29) is 0 Å². The smallest absolute Gasteiger partial charge is 0.148 e. The van der Waals surface area contributed by atoms with Crippen LogP contribution in [0, 0.1) is 5.92 Å². The average molecular weight is 283 g/mol. The highest BCUT2D eigenvalue weighted by Gasteiger charge is 2.20. The summed E-state index contributed by atoms with van der Waals surface area (Å²) in [6, 6.07) is 12.7. The predicted molar refractivity (Wildman–Crippen MR) is 83.6 cm³/mol. The number of nitrogens with one attached hydrogen (secondary N) is 1. The van der Waals surface area contributed by atoms with Gasteiger partial charge < -0.3 is 10.1 Å². The summed E-state index contributed by atoms with van der Waals surface area (Å²) in [5, 5.41) is 11.8. The average Bonchev–Trinajstić information content (AvgIpc) is 2.49. The van der Waals surface area contributed by atoms with Crippen molar-refractivity contribution in [3.05, 3.63) is 47.7 Å². The van der Waals surface area contributed by atoms with Crippen molar-refractivity contribution >= 4 is 5.82 Å². The van der Waals surface area contributed by atoms with Gasteiger partial charge in [-0.1, -0.05) is 18.2 Å². The van der Waals surface area contributed by atoms with E-state index in [2.05, 4.69) is 47.6 Å². The minimum Gasteiger partial charge on any atom is -0.493 e. The molecule has 1 atom stereocenters. The Morgan fingerprint density at radius 2 is 2.05 bits per heavy atom. The molecule has 2 heterocycles. The summed E-state index contributed by atoms with van der Waals surface area (Å²) < 4.78 is 5.82. The van der Waals surface area contributed by atoms with E-state index >= 15 is 0 Å². The van der Waals surface area contributed by atoms with E-state index in [1.807, 2.05) is 18.2 Å². The molecule has 0 radical (unpaired) electrons. The molecule has 1 aliphatic heterocycles. The number of para-hydroxylation sites is 1. The van der Waals surface area contributed by atoms with Crippen LogP contribution in [-0.2, 0) is 12.8 Å². The summed E-state index contributed by atoms with van der Waals surface area (Å²) in [4.78, 5) is 0. The van der Waals surface area contributed by atoms with E-state index in [9.17, 15) is 0 Å². The largest absolute Gasteiger partial charge is 0.493 e. The van der Waals surface area contributed by atoms with E-state index in [1.54, 1.807) is 0 Å². The van der Waals surface area contributed by atoms with E-state index < -0.39 is 0 Å². The van der Waals surface area contributed by atoms with Crippen molar-refractivity contribution in [1.82, 2.24) is 10.2 Å². The number of benzene rings is 1. The number of hydrogen-bond donors (Lipinski definition) is 1. The molecule has 0 bridgehead atoms. The van der Waals surface area contributed by atoms with E-state index in [0.29, 0.717) is 12.0 Å². The monoisotopic (exact) mass is 283 g/mol. The second kappa shape index (κ2) is 6.12. The number of nitrogens with zero attached hydrogens (tertiary/aromatic N) is 2. The van der Waals surface area contributed by atoms with Crippen molar-refractivity contribution < 1.29 is 4.74 Å². The molecular weight excluding hydrogens is 262 g/mol. The van der Waals surface area contributed by atoms with Crippen LogP contribution in [0.25, 0.3) is 0 Å². The van der Waals surface area contributed by atoms with Gasteiger partial charge in [0.15, 0.2) is 0 Å². The summed E-state index contributed by atoms with van der Waals surface area (Å²) in [6.07, 6.45) is 1.95. The number of fused-ring (bicyclic) bond motifs is 1. The minimum absolute atomic E-state index is 0.369. The number of ether oxygens (including phenoxy) is 1. The number of rotatable bonds is 4. The van der Waals surface area contributed by atoms with Gasteiger partial charge in [0.2, 0.25) is 0 Å². The Kier molecular flexibility index (Phi) is 4.04. The first-order valence-corrected chi connectivity index (χ1v) is 7.50. The third-order valence-electron chi connectivity index (χ3n) is 3.61. The number of hydrogen-bond acceptors (Lipinski definition) is 4. The molecule has 1 aromatic carbocycles. The van der Waals surface area contributed by atoms with Crippen LogP contribution in [0.15, 0.2) is 36.4 Å². The maximum atomic E-state index is 5.82. The van der Waals surface area contributed by atoms with Gasteiger partial charge in [0.05, 0.1) is 12.3 Å². The molecular formula is C17H21N3O. The zero-order chi connectivity index (χ0) is 14.7. The second-order valence-corrected chi connectivity index (χ2v) is 5.90. The summed E-state index contributed by atoms with van der Waals surface area (Å²) in [6.45, 7) is 4.93. The Labute approximate surface area is 125 Å². The van der Waals surface area contributed by atoms with Gasteiger partial charge in [0, 0.05) is 12.0 Å². The minimum atomic E-state index is 0.369. The van der Waals surface area contributed by atoms with Crippen LogP contribution in [0.4, 0.5) is 5.82 Å². The highest BCUT2D eigenvalue weighted by Crippen LogP contribution is 2.28. The van der Waals surface area contributed by atoms with Crippen LogP contribution < -0.4 is 10.1 Å². The van der Waals surface area contributed by atoms with Crippen molar-refractivity contribution in [3.8, 4) is 5.75 Å². The SMILES string of the molecule is CC(C)Nc1ccc(C[C@@H]2COc3ccccc3C2)nn1. The molecule has 2 aromatic rings. The van der Waals surface area contributed by atoms with Crippen LogP contribution >= 0.6 is 0 Å². The maximum absolute atomic E-state index is 5.82. The highest BCUT2D eigenvalue weighted by atomic mass is 16.5. The summed E-state index contributed by atoms with van der Waals surface area (Å²) in [5.41, 5.74) is 2.32. The second-order valence-electron chi connectivity index (χ2n) is 5.90. The van der Waals surface area contributed by atoms with Crippen LogP contribution in [0.3, 0.4) is 0 Å². The molecule has 4 nitrogen and oxygen atoms in total. The highest BCUT2D eigenvalue weighted by molar-refractivity contribution is 5.36. The Morgan fingerprint density at radius 3 is 2.81 bits per heavy atom. The molecule has 1 N–H and O–H groups in total. The lowest BCUT2D eigenvalue weighted by Crippen LogP contribution is -2.23. The topological polar surface area (TPSA) is 47.0 Å². The lowest BCUT2D eigenvalue weighted by molar-refractivity contribution is 0.220.